The molecular formula is C17H14ClN5O. The van der Waals surface area contributed by atoms with Crippen LogP contribution in [0.4, 0.5) is 5.95 Å². The summed E-state index contributed by atoms with van der Waals surface area (Å²) < 4.78 is 6.98. The number of rotatable bonds is 3. The van der Waals surface area contributed by atoms with Crippen molar-refractivity contribution in [2.45, 2.75) is 12.5 Å². The molecule has 6 nitrogen and oxygen atoms in total. The van der Waals surface area contributed by atoms with E-state index in [-0.39, 0.29) is 6.04 Å². The van der Waals surface area contributed by atoms with Gasteiger partial charge < -0.3 is 4.74 Å². The molecule has 2 heterocycles. The molecule has 24 heavy (non-hydrogen) atoms. The normalized spacial score (nSPS) is 16.4. The zero-order valence-corrected chi connectivity index (χ0v) is 13.7. The Morgan fingerprint density at radius 2 is 1.83 bits per heavy atom. The summed E-state index contributed by atoms with van der Waals surface area (Å²) in [6, 6.07) is 15.6. The molecule has 0 N–H and O–H groups in total. The van der Waals surface area contributed by atoms with Crippen molar-refractivity contribution in [2.24, 2.45) is 4.99 Å². The van der Waals surface area contributed by atoms with Crippen molar-refractivity contribution in [3.63, 3.8) is 0 Å². The first-order chi connectivity index (χ1) is 11.7. The van der Waals surface area contributed by atoms with Gasteiger partial charge in [-0.25, -0.2) is 9.67 Å². The molecule has 0 radical (unpaired) electrons. The molecule has 2 aromatic carbocycles. The first-order valence-corrected chi connectivity index (χ1v) is 7.88. The molecule has 0 spiro atoms. The van der Waals surface area contributed by atoms with Crippen LogP contribution < -0.4 is 4.74 Å². The predicted molar refractivity (Wildman–Crippen MR) is 91.2 cm³/mol. The fourth-order valence-electron chi connectivity index (χ4n) is 2.81. The van der Waals surface area contributed by atoms with Crippen LogP contribution in [0.15, 0.2) is 53.5 Å². The fraction of sp³-hybridized carbons (Fsp3) is 0.176. The summed E-state index contributed by atoms with van der Waals surface area (Å²) in [5.41, 5.74) is 3.06. The Morgan fingerprint density at radius 3 is 2.54 bits per heavy atom. The first-order valence-electron chi connectivity index (χ1n) is 7.50. The minimum Gasteiger partial charge on any atom is -0.497 e. The van der Waals surface area contributed by atoms with Crippen molar-refractivity contribution in [3.05, 3.63) is 64.7 Å². The summed E-state index contributed by atoms with van der Waals surface area (Å²) in [6.07, 6.45) is 0.700. The fourth-order valence-corrected chi connectivity index (χ4v) is 2.94. The standard InChI is InChI=1S/C17H14ClN5O/c1-24-14-8-4-12(5-9-14)16-10-15(11-2-6-13(18)7-3-11)19-17-20-21-22-23(16)17/h2-9,16H,10H2,1H3. The summed E-state index contributed by atoms with van der Waals surface area (Å²) in [6.45, 7) is 0. The number of ether oxygens (including phenoxy) is 1. The number of nitrogens with zero attached hydrogens (tertiary/aromatic N) is 5. The van der Waals surface area contributed by atoms with E-state index in [9.17, 15) is 0 Å². The molecule has 120 valence electrons. The van der Waals surface area contributed by atoms with E-state index in [0.717, 1.165) is 22.6 Å². The monoisotopic (exact) mass is 339 g/mol. The lowest BCUT2D eigenvalue weighted by molar-refractivity contribution is 0.414. The highest BCUT2D eigenvalue weighted by Gasteiger charge is 2.26. The number of hydrogen-bond acceptors (Lipinski definition) is 5. The topological polar surface area (TPSA) is 65.2 Å². The van der Waals surface area contributed by atoms with Crippen LogP contribution in [0.2, 0.25) is 5.02 Å². The van der Waals surface area contributed by atoms with Gasteiger partial charge in [0.2, 0.25) is 0 Å². The quantitative estimate of drug-likeness (QED) is 0.733. The van der Waals surface area contributed by atoms with E-state index in [4.69, 9.17) is 16.3 Å². The lowest BCUT2D eigenvalue weighted by Crippen LogP contribution is -2.21. The highest BCUT2D eigenvalue weighted by Crippen LogP contribution is 2.32. The second-order valence-corrected chi connectivity index (χ2v) is 5.92. The van der Waals surface area contributed by atoms with Crippen LogP contribution in [0, 0.1) is 0 Å². The highest BCUT2D eigenvalue weighted by molar-refractivity contribution is 6.30. The van der Waals surface area contributed by atoms with Crippen LogP contribution in [0.1, 0.15) is 23.6 Å². The van der Waals surface area contributed by atoms with Crippen LogP contribution in [-0.2, 0) is 0 Å². The van der Waals surface area contributed by atoms with Gasteiger partial charge >= 0.3 is 0 Å². The molecule has 1 aromatic heterocycles. The lowest BCUT2D eigenvalue weighted by atomic mass is 9.96. The smallest absolute Gasteiger partial charge is 0.269 e. The van der Waals surface area contributed by atoms with E-state index in [1.54, 1.807) is 11.8 Å². The number of halogens is 1. The van der Waals surface area contributed by atoms with E-state index in [1.807, 2.05) is 48.5 Å². The van der Waals surface area contributed by atoms with E-state index in [0.29, 0.717) is 17.4 Å². The van der Waals surface area contributed by atoms with Gasteiger partial charge in [0.15, 0.2) is 0 Å². The van der Waals surface area contributed by atoms with Gasteiger partial charge in [0, 0.05) is 11.4 Å². The third-order valence-corrected chi connectivity index (χ3v) is 4.32. The van der Waals surface area contributed by atoms with Gasteiger partial charge in [-0.05, 0) is 45.8 Å². The third-order valence-electron chi connectivity index (χ3n) is 4.07. The molecule has 1 aliphatic rings. The number of methoxy groups -OCH3 is 1. The Hall–Kier alpha value is -2.73. The zero-order valence-electron chi connectivity index (χ0n) is 12.9. The highest BCUT2D eigenvalue weighted by atomic mass is 35.5. The van der Waals surface area contributed by atoms with Gasteiger partial charge in [-0.15, -0.1) is 0 Å². The maximum Gasteiger partial charge on any atom is 0.269 e. The van der Waals surface area contributed by atoms with Crippen LogP contribution in [0.3, 0.4) is 0 Å². The summed E-state index contributed by atoms with van der Waals surface area (Å²) in [5, 5.41) is 12.6. The number of tetrazole rings is 1. The van der Waals surface area contributed by atoms with Gasteiger partial charge in [0.1, 0.15) is 5.75 Å². The van der Waals surface area contributed by atoms with Crippen molar-refractivity contribution in [3.8, 4) is 5.75 Å². The van der Waals surface area contributed by atoms with Crippen molar-refractivity contribution in [2.75, 3.05) is 7.11 Å². The SMILES string of the molecule is COc1ccc(C2CC(c3ccc(Cl)cc3)=Nc3nnnn32)cc1. The average Bonchev–Trinajstić information content (AvgIpc) is 3.10. The molecule has 0 fully saturated rings. The molecular weight excluding hydrogens is 326 g/mol. The van der Waals surface area contributed by atoms with Crippen molar-refractivity contribution >= 4 is 23.3 Å². The van der Waals surface area contributed by atoms with Crippen LogP contribution in [0.5, 0.6) is 5.75 Å². The maximum atomic E-state index is 5.98. The minimum atomic E-state index is -0.0101. The van der Waals surface area contributed by atoms with Gasteiger partial charge in [-0.1, -0.05) is 41.0 Å². The van der Waals surface area contributed by atoms with Crippen LogP contribution in [-0.4, -0.2) is 33.0 Å². The molecule has 0 aliphatic carbocycles. The predicted octanol–water partition coefficient (Wildman–Crippen LogP) is 3.45. The summed E-state index contributed by atoms with van der Waals surface area (Å²) in [5.74, 6) is 1.32. The molecule has 0 saturated heterocycles. The summed E-state index contributed by atoms with van der Waals surface area (Å²) in [7, 11) is 1.65. The molecule has 1 aliphatic heterocycles. The van der Waals surface area contributed by atoms with E-state index < -0.39 is 0 Å². The number of hydrogen-bond donors (Lipinski definition) is 0. The Morgan fingerprint density at radius 1 is 1.08 bits per heavy atom. The van der Waals surface area contributed by atoms with Gasteiger partial charge in [0.25, 0.3) is 5.95 Å². The summed E-state index contributed by atoms with van der Waals surface area (Å²) in [4.78, 5) is 4.59. The van der Waals surface area contributed by atoms with Crippen molar-refractivity contribution in [1.29, 1.82) is 0 Å². The van der Waals surface area contributed by atoms with Gasteiger partial charge in [-0.2, -0.15) is 0 Å². The molecule has 0 bridgehead atoms. The third kappa shape index (κ3) is 2.65. The minimum absolute atomic E-state index is 0.0101. The number of aromatic nitrogens is 4. The van der Waals surface area contributed by atoms with Crippen molar-refractivity contribution in [1.82, 2.24) is 20.2 Å². The number of benzene rings is 2. The first kappa shape index (κ1) is 14.8. The van der Waals surface area contributed by atoms with Crippen molar-refractivity contribution < 1.29 is 4.74 Å². The molecule has 4 rings (SSSR count). The molecule has 1 atom stereocenters. The molecule has 3 aromatic rings. The number of aliphatic imine (C=N–C) groups is 1. The second-order valence-electron chi connectivity index (χ2n) is 5.48. The van der Waals surface area contributed by atoms with Crippen LogP contribution >= 0.6 is 11.6 Å². The lowest BCUT2D eigenvalue weighted by Gasteiger charge is -2.23. The average molecular weight is 340 g/mol. The second kappa shape index (κ2) is 6.05. The molecule has 7 heteroatoms. The Kier molecular flexibility index (Phi) is 3.74. The molecule has 0 saturated carbocycles. The van der Waals surface area contributed by atoms with Crippen LogP contribution in [0.25, 0.3) is 0 Å². The Bertz CT molecular complexity index is 886. The zero-order chi connectivity index (χ0) is 16.5. The Labute approximate surface area is 143 Å². The Balaban J connectivity index is 1.74. The van der Waals surface area contributed by atoms with Gasteiger partial charge in [-0.3, -0.25) is 0 Å². The largest absolute Gasteiger partial charge is 0.497 e. The molecule has 1 unspecified atom stereocenters. The summed E-state index contributed by atoms with van der Waals surface area (Å²) >= 11 is 5.98. The van der Waals surface area contributed by atoms with E-state index >= 15 is 0 Å². The van der Waals surface area contributed by atoms with E-state index in [1.165, 1.54) is 0 Å². The van der Waals surface area contributed by atoms with Gasteiger partial charge in [0.05, 0.1) is 18.9 Å². The number of fused-ring (bicyclic) bond motifs is 1. The molecule has 0 amide bonds. The van der Waals surface area contributed by atoms with E-state index in [2.05, 4.69) is 20.5 Å². The maximum absolute atomic E-state index is 5.98.